The Balaban J connectivity index is 2.03. The van der Waals surface area contributed by atoms with Crippen LogP contribution in [0.2, 0.25) is 5.02 Å². The Kier molecular flexibility index (Phi) is 4.63. The topological polar surface area (TPSA) is 15.6 Å². The number of allylic oxidation sites excluding steroid dienone is 2. The molecule has 1 aromatic carbocycles. The van der Waals surface area contributed by atoms with Gasteiger partial charge in [0.15, 0.2) is 0 Å². The number of aliphatic imine (C=N–C) groups is 1. The third-order valence-electron chi connectivity index (χ3n) is 5.07. The average Bonchev–Trinajstić information content (AvgIpc) is 2.68. The Morgan fingerprint density at radius 3 is 2.83 bits per heavy atom. The standard InChI is InChI=1S/C20H25ClN2/c1-5-19-14(3)11-15(12-23(19)4)18-10-9-13(2)16-7-6-8-17(21)20(16)22-18/h6-8,11-13,19H,5,9-10H2,1-4H3. The number of hydrogen-bond donors (Lipinski definition) is 0. The lowest BCUT2D eigenvalue weighted by Crippen LogP contribution is -2.31. The molecule has 2 aliphatic heterocycles. The SMILES string of the molecule is CCC1C(C)=CC(C2=Nc3c(Cl)cccc3C(C)CC2)=CN1C. The molecule has 1 aromatic rings. The van der Waals surface area contributed by atoms with Crippen molar-refractivity contribution in [3.05, 3.63) is 52.2 Å². The van der Waals surface area contributed by atoms with E-state index < -0.39 is 0 Å². The maximum absolute atomic E-state index is 6.43. The van der Waals surface area contributed by atoms with Crippen LogP contribution in [0.4, 0.5) is 5.69 Å². The predicted molar refractivity (Wildman–Crippen MR) is 99.9 cm³/mol. The zero-order valence-corrected chi connectivity index (χ0v) is 15.2. The summed E-state index contributed by atoms with van der Waals surface area (Å²) in [6, 6.07) is 6.63. The largest absolute Gasteiger partial charge is 0.373 e. The van der Waals surface area contributed by atoms with Gasteiger partial charge in [0.25, 0.3) is 0 Å². The van der Waals surface area contributed by atoms with E-state index in [1.54, 1.807) is 0 Å². The maximum atomic E-state index is 6.43. The summed E-state index contributed by atoms with van der Waals surface area (Å²) in [5.41, 5.74) is 6.02. The third kappa shape index (κ3) is 3.10. The third-order valence-corrected chi connectivity index (χ3v) is 5.38. The van der Waals surface area contributed by atoms with Gasteiger partial charge >= 0.3 is 0 Å². The zero-order valence-electron chi connectivity index (χ0n) is 14.4. The van der Waals surface area contributed by atoms with E-state index in [9.17, 15) is 0 Å². The van der Waals surface area contributed by atoms with E-state index in [0.29, 0.717) is 12.0 Å². The highest BCUT2D eigenvalue weighted by molar-refractivity contribution is 6.33. The molecule has 0 saturated carbocycles. The van der Waals surface area contributed by atoms with Crippen LogP contribution in [0, 0.1) is 0 Å². The lowest BCUT2D eigenvalue weighted by atomic mass is 9.92. The highest BCUT2D eigenvalue weighted by Gasteiger charge is 2.23. The van der Waals surface area contributed by atoms with E-state index in [-0.39, 0.29) is 0 Å². The van der Waals surface area contributed by atoms with E-state index in [1.165, 1.54) is 16.7 Å². The highest BCUT2D eigenvalue weighted by atomic mass is 35.5. The summed E-state index contributed by atoms with van der Waals surface area (Å²) >= 11 is 6.43. The molecule has 0 saturated heterocycles. The molecule has 0 fully saturated rings. The molecule has 0 bridgehead atoms. The molecule has 23 heavy (non-hydrogen) atoms. The molecule has 2 nitrogen and oxygen atoms in total. The first-order chi connectivity index (χ1) is 11.0. The number of hydrogen-bond acceptors (Lipinski definition) is 2. The van der Waals surface area contributed by atoms with Crippen LogP contribution in [0.3, 0.4) is 0 Å². The quantitative estimate of drug-likeness (QED) is 0.663. The van der Waals surface area contributed by atoms with E-state index in [2.05, 4.69) is 51.1 Å². The normalized spacial score (nSPS) is 24.4. The van der Waals surface area contributed by atoms with Gasteiger partial charge in [0.2, 0.25) is 0 Å². The summed E-state index contributed by atoms with van der Waals surface area (Å²) < 4.78 is 0. The predicted octanol–water partition coefficient (Wildman–Crippen LogP) is 5.86. The summed E-state index contributed by atoms with van der Waals surface area (Å²) in [6.07, 6.45) is 7.77. The molecule has 3 rings (SSSR count). The van der Waals surface area contributed by atoms with Gasteiger partial charge in [0.1, 0.15) is 0 Å². The Labute approximate surface area is 144 Å². The zero-order chi connectivity index (χ0) is 16.6. The fraction of sp³-hybridized carbons (Fsp3) is 0.450. The molecule has 0 aliphatic carbocycles. The molecular weight excluding hydrogens is 304 g/mol. The molecule has 3 heteroatoms. The lowest BCUT2D eigenvalue weighted by molar-refractivity contribution is 0.354. The van der Waals surface area contributed by atoms with Crippen molar-refractivity contribution in [2.24, 2.45) is 4.99 Å². The van der Waals surface area contributed by atoms with Gasteiger partial charge in [-0.2, -0.15) is 0 Å². The van der Waals surface area contributed by atoms with E-state index in [0.717, 1.165) is 35.7 Å². The highest BCUT2D eigenvalue weighted by Crippen LogP contribution is 2.39. The van der Waals surface area contributed by atoms with Crippen LogP contribution in [-0.4, -0.2) is 23.7 Å². The van der Waals surface area contributed by atoms with Crippen LogP contribution in [0.1, 0.15) is 51.5 Å². The van der Waals surface area contributed by atoms with Gasteiger partial charge in [-0.25, -0.2) is 0 Å². The minimum Gasteiger partial charge on any atom is -0.373 e. The smallest absolute Gasteiger partial charge is 0.0854 e. The average molecular weight is 329 g/mol. The van der Waals surface area contributed by atoms with Crippen LogP contribution in [-0.2, 0) is 0 Å². The van der Waals surface area contributed by atoms with Crippen molar-refractivity contribution in [1.29, 1.82) is 0 Å². The fourth-order valence-corrected chi connectivity index (χ4v) is 3.96. The van der Waals surface area contributed by atoms with E-state index >= 15 is 0 Å². The Bertz CT molecular complexity index is 700. The Morgan fingerprint density at radius 2 is 2.13 bits per heavy atom. The van der Waals surface area contributed by atoms with Crippen molar-refractivity contribution in [2.45, 2.75) is 52.0 Å². The molecule has 0 radical (unpaired) electrons. The first kappa shape index (κ1) is 16.3. The molecule has 122 valence electrons. The van der Waals surface area contributed by atoms with Crippen molar-refractivity contribution in [3.8, 4) is 0 Å². The van der Waals surface area contributed by atoms with Gasteiger partial charge < -0.3 is 4.90 Å². The second kappa shape index (κ2) is 6.52. The minimum absolute atomic E-state index is 0.486. The first-order valence-electron chi connectivity index (χ1n) is 8.49. The van der Waals surface area contributed by atoms with E-state index in [4.69, 9.17) is 16.6 Å². The van der Waals surface area contributed by atoms with Gasteiger partial charge in [0, 0.05) is 30.6 Å². The first-order valence-corrected chi connectivity index (χ1v) is 8.87. The van der Waals surface area contributed by atoms with Crippen molar-refractivity contribution in [2.75, 3.05) is 7.05 Å². The van der Waals surface area contributed by atoms with Crippen LogP contribution >= 0.6 is 11.6 Å². The van der Waals surface area contributed by atoms with Gasteiger partial charge in [-0.05, 0) is 43.7 Å². The van der Waals surface area contributed by atoms with Crippen LogP contribution in [0.25, 0.3) is 0 Å². The van der Waals surface area contributed by atoms with Gasteiger partial charge in [-0.1, -0.05) is 49.2 Å². The van der Waals surface area contributed by atoms with Crippen molar-refractivity contribution in [3.63, 3.8) is 0 Å². The fourth-order valence-electron chi connectivity index (χ4n) is 3.73. The number of nitrogens with zero attached hydrogens (tertiary/aromatic N) is 2. The Hall–Kier alpha value is -1.54. The molecule has 0 aromatic heterocycles. The minimum atomic E-state index is 0.486. The van der Waals surface area contributed by atoms with Crippen molar-refractivity contribution < 1.29 is 0 Å². The van der Waals surface area contributed by atoms with Crippen molar-refractivity contribution in [1.82, 2.24) is 4.90 Å². The van der Waals surface area contributed by atoms with Gasteiger partial charge in [0.05, 0.1) is 10.7 Å². The molecule has 2 atom stereocenters. The molecule has 2 unspecified atom stereocenters. The summed E-state index contributed by atoms with van der Waals surface area (Å²) in [6.45, 7) is 6.72. The molecule has 0 spiro atoms. The number of rotatable bonds is 2. The summed E-state index contributed by atoms with van der Waals surface area (Å²) in [7, 11) is 2.16. The molecule has 2 heterocycles. The molecular formula is C20H25ClN2. The summed E-state index contributed by atoms with van der Waals surface area (Å²) in [4.78, 5) is 7.29. The second-order valence-electron chi connectivity index (χ2n) is 6.74. The number of benzene rings is 1. The number of likely N-dealkylation sites (N-methyl/N-ethyl adjacent to an activating group) is 1. The van der Waals surface area contributed by atoms with E-state index in [1.807, 2.05) is 12.1 Å². The van der Waals surface area contributed by atoms with Gasteiger partial charge in [-0.3, -0.25) is 4.99 Å². The summed E-state index contributed by atoms with van der Waals surface area (Å²) in [5, 5.41) is 0.755. The molecule has 0 amide bonds. The number of fused-ring (bicyclic) bond motifs is 1. The molecule has 2 aliphatic rings. The Morgan fingerprint density at radius 1 is 1.35 bits per heavy atom. The maximum Gasteiger partial charge on any atom is 0.0854 e. The molecule has 0 N–H and O–H groups in total. The summed E-state index contributed by atoms with van der Waals surface area (Å²) in [5.74, 6) is 0.486. The van der Waals surface area contributed by atoms with Crippen LogP contribution in [0.5, 0.6) is 0 Å². The second-order valence-corrected chi connectivity index (χ2v) is 7.15. The van der Waals surface area contributed by atoms with Crippen LogP contribution < -0.4 is 0 Å². The van der Waals surface area contributed by atoms with Crippen LogP contribution in [0.15, 0.2) is 46.6 Å². The van der Waals surface area contributed by atoms with Crippen molar-refractivity contribution >= 4 is 23.0 Å². The lowest BCUT2D eigenvalue weighted by Gasteiger charge is -2.31. The monoisotopic (exact) mass is 328 g/mol. The number of para-hydroxylation sites is 1. The number of halogens is 1. The van der Waals surface area contributed by atoms with Gasteiger partial charge in [-0.15, -0.1) is 0 Å².